The molecule has 0 aliphatic carbocycles. The summed E-state index contributed by atoms with van der Waals surface area (Å²) in [5.74, 6) is -1.67. The Bertz CT molecular complexity index is 1060. The number of cyclic esters (lactones) is 1. The maximum atomic E-state index is 14.2. The second-order valence-electron chi connectivity index (χ2n) is 18.1. The Morgan fingerprint density at radius 3 is 1.96 bits per heavy atom. The van der Waals surface area contributed by atoms with Crippen molar-refractivity contribution in [3.05, 3.63) is 0 Å². The van der Waals surface area contributed by atoms with Crippen molar-refractivity contribution in [1.29, 1.82) is 0 Å². The van der Waals surface area contributed by atoms with Crippen LogP contribution in [0.5, 0.6) is 0 Å². The summed E-state index contributed by atoms with van der Waals surface area (Å²) in [4.78, 5) is 14.2. The van der Waals surface area contributed by atoms with Gasteiger partial charge >= 0.3 is 5.97 Å². The molecule has 9 nitrogen and oxygen atoms in total. The molecule has 0 saturated carbocycles. The molecule has 288 valence electrons. The molecule has 0 spiro atoms. The van der Waals surface area contributed by atoms with Gasteiger partial charge in [-0.15, -0.1) is 0 Å². The van der Waals surface area contributed by atoms with Gasteiger partial charge in [-0.05, 0) is 75.0 Å². The molecule has 3 N–H and O–H groups in total. The predicted molar refractivity (Wildman–Crippen MR) is 191 cm³/mol. The normalized spacial score (nSPS) is 48.7. The highest BCUT2D eigenvalue weighted by Gasteiger charge is 2.52. The van der Waals surface area contributed by atoms with Gasteiger partial charge in [-0.3, -0.25) is 4.79 Å². The van der Waals surface area contributed by atoms with Gasteiger partial charge in [0.2, 0.25) is 0 Å². The molecule has 3 heterocycles. The fourth-order valence-electron chi connectivity index (χ4n) is 9.29. The quantitative estimate of drug-likeness (QED) is 0.249. The fourth-order valence-corrected chi connectivity index (χ4v) is 9.29. The minimum Gasteiger partial charge on any atom is -0.459 e. The third kappa shape index (κ3) is 9.23. The van der Waals surface area contributed by atoms with Crippen LogP contribution in [-0.2, 0) is 28.5 Å². The lowest BCUT2D eigenvalue weighted by Gasteiger charge is -2.50. The van der Waals surface area contributed by atoms with Crippen molar-refractivity contribution in [2.24, 2.45) is 52.3 Å². The first-order valence-corrected chi connectivity index (χ1v) is 19.4. The van der Waals surface area contributed by atoms with Gasteiger partial charge in [0.15, 0.2) is 12.6 Å². The summed E-state index contributed by atoms with van der Waals surface area (Å²) in [6.07, 6.45) is -2.75. The summed E-state index contributed by atoms with van der Waals surface area (Å²) in [6.45, 7) is 30.8. The molecule has 0 amide bonds. The minimum atomic E-state index is -1.75. The molecule has 0 radical (unpaired) electrons. The maximum Gasteiger partial charge on any atom is 0.311 e. The van der Waals surface area contributed by atoms with Gasteiger partial charge in [-0.1, -0.05) is 83.1 Å². The number of esters is 1. The fraction of sp³-hybridized carbons (Fsp3) is 0.975. The second-order valence-corrected chi connectivity index (χ2v) is 18.1. The van der Waals surface area contributed by atoms with Gasteiger partial charge < -0.3 is 39.0 Å². The molecule has 3 aliphatic rings. The summed E-state index contributed by atoms with van der Waals surface area (Å²) in [5, 5.41) is 35.3. The molecule has 3 rings (SSSR count). The van der Waals surface area contributed by atoms with Crippen molar-refractivity contribution in [2.75, 3.05) is 0 Å². The zero-order valence-corrected chi connectivity index (χ0v) is 33.6. The molecule has 0 aromatic carbocycles. The Morgan fingerprint density at radius 1 is 0.796 bits per heavy atom. The van der Waals surface area contributed by atoms with E-state index in [-0.39, 0.29) is 41.8 Å². The SMILES string of the molecule is CC[C@H]1OC(=O)[C@H](C)[C@@H](OC2CC(C)(C)[C@@H](C)[C@H](C)O2)[C@H](C)[C@@H](OC2O[C@H](C)C[C@H](C)[C@H]2C)C(C)(C)C[C@@H](C)[C@H](O)[C@H](C)[C@@H](O)[C@@]1(O)CC. The van der Waals surface area contributed by atoms with Crippen molar-refractivity contribution in [2.45, 2.75) is 197 Å². The largest absolute Gasteiger partial charge is 0.459 e. The molecule has 3 fully saturated rings. The van der Waals surface area contributed by atoms with Gasteiger partial charge in [0.05, 0.1) is 42.5 Å². The number of hydrogen-bond donors (Lipinski definition) is 3. The zero-order valence-electron chi connectivity index (χ0n) is 33.6. The molecule has 3 saturated heterocycles. The zero-order chi connectivity index (χ0) is 37.4. The third-order valence-corrected chi connectivity index (χ3v) is 13.3. The van der Waals surface area contributed by atoms with E-state index in [1.807, 2.05) is 20.8 Å². The Kier molecular flexibility index (Phi) is 14.3. The second kappa shape index (κ2) is 16.5. The number of aliphatic hydroxyl groups is 3. The first-order chi connectivity index (χ1) is 22.5. The molecule has 0 aromatic rings. The van der Waals surface area contributed by atoms with Crippen LogP contribution in [0.25, 0.3) is 0 Å². The number of carbonyl (C=O) groups is 1. The molecule has 0 aromatic heterocycles. The molecular weight excluding hydrogens is 624 g/mol. The van der Waals surface area contributed by atoms with Gasteiger partial charge in [0.1, 0.15) is 11.7 Å². The van der Waals surface area contributed by atoms with Gasteiger partial charge in [-0.2, -0.15) is 0 Å². The Morgan fingerprint density at radius 2 is 1.41 bits per heavy atom. The topological polar surface area (TPSA) is 124 Å². The number of carbonyl (C=O) groups excluding carboxylic acids is 1. The van der Waals surface area contributed by atoms with Gasteiger partial charge in [0, 0.05) is 24.2 Å². The monoisotopic (exact) mass is 699 g/mol. The molecule has 49 heavy (non-hydrogen) atoms. The van der Waals surface area contributed by atoms with Crippen molar-refractivity contribution >= 4 is 5.97 Å². The Hall–Kier alpha value is -0.810. The van der Waals surface area contributed by atoms with Crippen LogP contribution in [0.2, 0.25) is 0 Å². The first kappa shape index (κ1) is 42.6. The number of rotatable bonds is 6. The van der Waals surface area contributed by atoms with Crippen LogP contribution in [0.1, 0.15) is 136 Å². The lowest BCUT2D eigenvalue weighted by molar-refractivity contribution is -0.294. The highest BCUT2D eigenvalue weighted by Crippen LogP contribution is 2.46. The van der Waals surface area contributed by atoms with E-state index in [1.54, 1.807) is 13.8 Å². The van der Waals surface area contributed by atoms with Crippen molar-refractivity contribution in [3.8, 4) is 0 Å². The van der Waals surface area contributed by atoms with Crippen molar-refractivity contribution < 1.29 is 43.8 Å². The van der Waals surface area contributed by atoms with Crippen LogP contribution < -0.4 is 0 Å². The average Bonchev–Trinajstić information content (AvgIpc) is 3.02. The average molecular weight is 699 g/mol. The maximum absolute atomic E-state index is 14.2. The highest BCUT2D eigenvalue weighted by molar-refractivity contribution is 5.73. The van der Waals surface area contributed by atoms with Crippen LogP contribution >= 0.6 is 0 Å². The molecule has 0 bridgehead atoms. The van der Waals surface area contributed by atoms with E-state index >= 15 is 0 Å². The van der Waals surface area contributed by atoms with E-state index in [9.17, 15) is 20.1 Å². The van der Waals surface area contributed by atoms with E-state index in [4.69, 9.17) is 23.7 Å². The van der Waals surface area contributed by atoms with Crippen LogP contribution in [-0.4, -0.2) is 82.2 Å². The van der Waals surface area contributed by atoms with Crippen molar-refractivity contribution in [3.63, 3.8) is 0 Å². The Balaban J connectivity index is 2.17. The van der Waals surface area contributed by atoms with E-state index in [0.717, 1.165) is 6.42 Å². The lowest BCUT2D eigenvalue weighted by Crippen LogP contribution is -2.59. The van der Waals surface area contributed by atoms with Crippen LogP contribution in [0.3, 0.4) is 0 Å². The molecule has 3 aliphatic heterocycles. The first-order valence-electron chi connectivity index (χ1n) is 19.4. The summed E-state index contributed by atoms with van der Waals surface area (Å²) >= 11 is 0. The number of aliphatic hydroxyl groups excluding tert-OH is 2. The molecule has 17 atom stereocenters. The predicted octanol–water partition coefficient (Wildman–Crippen LogP) is 7.12. The van der Waals surface area contributed by atoms with E-state index < -0.39 is 71.9 Å². The third-order valence-electron chi connectivity index (χ3n) is 13.3. The molecule has 9 heteroatoms. The minimum absolute atomic E-state index is 0.0392. The molecular formula is C40H74O9. The lowest BCUT2D eigenvalue weighted by atomic mass is 9.68. The van der Waals surface area contributed by atoms with Crippen LogP contribution in [0.4, 0.5) is 0 Å². The number of hydrogen-bond acceptors (Lipinski definition) is 9. The summed E-state index contributed by atoms with van der Waals surface area (Å²) < 4.78 is 33.1. The van der Waals surface area contributed by atoms with Gasteiger partial charge in [-0.25, -0.2) is 0 Å². The van der Waals surface area contributed by atoms with Crippen LogP contribution in [0.15, 0.2) is 0 Å². The van der Waals surface area contributed by atoms with Crippen molar-refractivity contribution in [1.82, 2.24) is 0 Å². The Labute approximate surface area is 298 Å². The van der Waals surface area contributed by atoms with E-state index in [0.29, 0.717) is 31.1 Å². The smallest absolute Gasteiger partial charge is 0.311 e. The number of ether oxygens (including phenoxy) is 5. The summed E-state index contributed by atoms with van der Waals surface area (Å²) in [6, 6.07) is 0. The molecule has 2 unspecified atom stereocenters. The summed E-state index contributed by atoms with van der Waals surface area (Å²) in [7, 11) is 0. The van der Waals surface area contributed by atoms with Gasteiger partial charge in [0.25, 0.3) is 0 Å². The standard InChI is InChI=1S/C40H74O9/c1-16-30-40(44,17-2)34(42)25(7)32(41)22(4)19-39(14,15)35(49-37-24(6)21(3)18-23(5)45-37)26(8)33(27(9)36(43)47-30)48-31-20-38(12,13)28(10)29(11)46-31/h21-35,37,41-42,44H,16-20H2,1-15H3/t21-,22+,23+,24+,25-,26-,27+,28-,29-,30+,31?,32-,33-,34+,35+,37?,40+/m0/s1. The summed E-state index contributed by atoms with van der Waals surface area (Å²) in [5.41, 5.74) is -2.33. The van der Waals surface area contributed by atoms with E-state index in [1.165, 1.54) is 0 Å². The van der Waals surface area contributed by atoms with Crippen LogP contribution in [0, 0.1) is 52.3 Å². The van der Waals surface area contributed by atoms with E-state index in [2.05, 4.69) is 69.2 Å². The highest BCUT2D eigenvalue weighted by atomic mass is 16.7.